The first-order chi connectivity index (χ1) is 14.4. The zero-order valence-electron chi connectivity index (χ0n) is 16.8. The number of aryl methyl sites for hydroxylation is 1. The van der Waals surface area contributed by atoms with E-state index in [4.69, 9.17) is 4.74 Å². The van der Waals surface area contributed by atoms with Crippen LogP contribution in [0.3, 0.4) is 0 Å². The Morgan fingerprint density at radius 3 is 2.70 bits per heavy atom. The Morgan fingerprint density at radius 2 is 1.97 bits per heavy atom. The summed E-state index contributed by atoms with van der Waals surface area (Å²) >= 11 is 0. The molecule has 2 atom stereocenters. The smallest absolute Gasteiger partial charge is 0.265 e. The molecule has 0 radical (unpaired) electrons. The van der Waals surface area contributed by atoms with Gasteiger partial charge in [-0.1, -0.05) is 6.42 Å². The van der Waals surface area contributed by atoms with Gasteiger partial charge < -0.3 is 4.74 Å². The molecule has 1 aliphatic heterocycles. The molecule has 0 amide bonds. The molecular formula is C20H26FN5O3S. The minimum absolute atomic E-state index is 0.00912. The number of sulfonamides is 1. The number of nitrogens with zero attached hydrogens (tertiary/aromatic N) is 2. The third kappa shape index (κ3) is 4.55. The van der Waals surface area contributed by atoms with E-state index in [0.29, 0.717) is 23.1 Å². The molecule has 2 aliphatic rings. The highest BCUT2D eigenvalue weighted by molar-refractivity contribution is 7.92. The maximum Gasteiger partial charge on any atom is 0.265 e. The lowest BCUT2D eigenvalue weighted by atomic mass is 9.78. The second-order valence-corrected chi connectivity index (χ2v) is 9.53. The second kappa shape index (κ2) is 8.83. The van der Waals surface area contributed by atoms with Gasteiger partial charge in [-0.05, 0) is 49.8 Å². The zero-order valence-corrected chi connectivity index (χ0v) is 17.6. The Morgan fingerprint density at radius 1 is 1.20 bits per heavy atom. The van der Waals surface area contributed by atoms with Crippen LogP contribution in [-0.2, 0) is 10.0 Å². The summed E-state index contributed by atoms with van der Waals surface area (Å²) in [6.07, 6.45) is 6.84. The third-order valence-corrected chi connectivity index (χ3v) is 7.20. The van der Waals surface area contributed by atoms with E-state index in [2.05, 4.69) is 25.5 Å². The van der Waals surface area contributed by atoms with Gasteiger partial charge >= 0.3 is 0 Å². The number of benzene rings is 1. The molecule has 1 saturated heterocycles. The van der Waals surface area contributed by atoms with Crippen LogP contribution in [0.4, 0.5) is 10.2 Å². The van der Waals surface area contributed by atoms with Crippen molar-refractivity contribution in [3.63, 3.8) is 0 Å². The zero-order chi connectivity index (χ0) is 21.1. The lowest BCUT2D eigenvalue weighted by Crippen LogP contribution is -2.37. The molecule has 8 nitrogen and oxygen atoms in total. The maximum absolute atomic E-state index is 14.8. The molecule has 162 valence electrons. The molecule has 10 heteroatoms. The Hall–Kier alpha value is -2.30. The SMILES string of the molecule is Cc1cc(S(=O)(=O)Nc2ccncn2)c(F)cc1O[C@H]1CCCC[C@@H]1C1CNNC1. The molecule has 3 N–H and O–H groups in total. The highest BCUT2D eigenvalue weighted by atomic mass is 32.2. The van der Waals surface area contributed by atoms with Gasteiger partial charge in [0.05, 0.1) is 0 Å². The van der Waals surface area contributed by atoms with E-state index in [1.807, 2.05) is 0 Å². The first-order valence-corrected chi connectivity index (χ1v) is 11.6. The van der Waals surface area contributed by atoms with Crippen LogP contribution in [-0.4, -0.2) is 37.6 Å². The van der Waals surface area contributed by atoms with Gasteiger partial charge in [0.1, 0.15) is 34.7 Å². The number of rotatable bonds is 6. The van der Waals surface area contributed by atoms with Crippen LogP contribution in [0, 0.1) is 24.6 Å². The summed E-state index contributed by atoms with van der Waals surface area (Å²) in [4.78, 5) is 7.13. The molecule has 1 aliphatic carbocycles. The number of anilines is 1. The standard InChI is InChI=1S/C20H26FN5O3S/c1-13-8-19(30(27,28)26-20-6-7-22-12-23-20)16(21)9-18(13)29-17-5-3-2-4-15(17)14-10-24-25-11-14/h6-9,12,14-15,17,24-25H,2-5,10-11H2,1H3,(H,22,23,26)/t15-,17+/m1/s1. The summed E-state index contributed by atoms with van der Waals surface area (Å²) in [5.41, 5.74) is 6.92. The third-order valence-electron chi connectivity index (χ3n) is 5.83. The molecule has 0 spiro atoms. The van der Waals surface area contributed by atoms with Crippen molar-refractivity contribution in [3.05, 3.63) is 42.1 Å². The number of hydrogen-bond acceptors (Lipinski definition) is 7. The molecule has 1 saturated carbocycles. The molecule has 2 heterocycles. The molecule has 0 bridgehead atoms. The maximum atomic E-state index is 14.8. The summed E-state index contributed by atoms with van der Waals surface area (Å²) in [6, 6.07) is 3.89. The van der Waals surface area contributed by atoms with Crippen LogP contribution < -0.4 is 20.3 Å². The summed E-state index contributed by atoms with van der Waals surface area (Å²) in [6.45, 7) is 3.52. The fraction of sp³-hybridized carbons (Fsp3) is 0.500. The second-order valence-electron chi connectivity index (χ2n) is 7.87. The molecule has 2 fully saturated rings. The van der Waals surface area contributed by atoms with Gasteiger partial charge in [-0.3, -0.25) is 15.6 Å². The van der Waals surface area contributed by atoms with E-state index >= 15 is 0 Å². The molecule has 0 unspecified atom stereocenters. The van der Waals surface area contributed by atoms with E-state index < -0.39 is 20.7 Å². The monoisotopic (exact) mass is 435 g/mol. The lowest BCUT2D eigenvalue weighted by molar-refractivity contribution is 0.0636. The Bertz CT molecular complexity index is 983. The van der Waals surface area contributed by atoms with Crippen LogP contribution in [0.25, 0.3) is 0 Å². The fourth-order valence-corrected chi connectivity index (χ4v) is 5.42. The molecule has 4 rings (SSSR count). The van der Waals surface area contributed by atoms with E-state index in [1.54, 1.807) is 6.92 Å². The van der Waals surface area contributed by atoms with Crippen LogP contribution in [0.1, 0.15) is 31.2 Å². The van der Waals surface area contributed by atoms with Crippen molar-refractivity contribution in [2.24, 2.45) is 11.8 Å². The Kier molecular flexibility index (Phi) is 6.16. The average molecular weight is 436 g/mol. The van der Waals surface area contributed by atoms with Crippen molar-refractivity contribution >= 4 is 15.8 Å². The molecule has 2 aromatic rings. The van der Waals surface area contributed by atoms with Crippen LogP contribution >= 0.6 is 0 Å². The van der Waals surface area contributed by atoms with Gasteiger partial charge in [0.2, 0.25) is 0 Å². The minimum Gasteiger partial charge on any atom is -0.490 e. The van der Waals surface area contributed by atoms with Crippen molar-refractivity contribution in [3.8, 4) is 5.75 Å². The van der Waals surface area contributed by atoms with Crippen LogP contribution in [0.2, 0.25) is 0 Å². The Balaban J connectivity index is 1.55. The predicted octanol–water partition coefficient (Wildman–Crippen LogP) is 2.39. The number of nitrogens with one attached hydrogen (secondary N) is 3. The van der Waals surface area contributed by atoms with E-state index in [1.165, 1.54) is 37.1 Å². The first-order valence-electron chi connectivity index (χ1n) is 10.2. The largest absolute Gasteiger partial charge is 0.490 e. The summed E-state index contributed by atoms with van der Waals surface area (Å²) < 4.78 is 48.6. The van der Waals surface area contributed by atoms with Crippen molar-refractivity contribution in [2.75, 3.05) is 17.8 Å². The molecular weight excluding hydrogens is 409 g/mol. The summed E-state index contributed by atoms with van der Waals surface area (Å²) in [5, 5.41) is 0. The normalized spacial score (nSPS) is 22.7. The number of aromatic nitrogens is 2. The summed E-state index contributed by atoms with van der Waals surface area (Å²) in [5.74, 6) is 0.466. The van der Waals surface area contributed by atoms with Gasteiger partial charge in [-0.15, -0.1) is 0 Å². The van der Waals surface area contributed by atoms with Crippen molar-refractivity contribution in [2.45, 2.75) is 43.6 Å². The number of ether oxygens (including phenoxy) is 1. The fourth-order valence-electron chi connectivity index (χ4n) is 4.27. The van der Waals surface area contributed by atoms with Gasteiger partial charge in [0.25, 0.3) is 10.0 Å². The quantitative estimate of drug-likeness (QED) is 0.640. The van der Waals surface area contributed by atoms with Gasteiger partial charge in [0, 0.05) is 31.3 Å². The number of halogens is 1. The van der Waals surface area contributed by atoms with Crippen molar-refractivity contribution < 1.29 is 17.5 Å². The molecule has 30 heavy (non-hydrogen) atoms. The first kappa shape index (κ1) is 21.0. The number of hydrogen-bond donors (Lipinski definition) is 3. The summed E-state index contributed by atoms with van der Waals surface area (Å²) in [7, 11) is -4.13. The number of hydrazine groups is 1. The van der Waals surface area contributed by atoms with Crippen LogP contribution in [0.5, 0.6) is 5.75 Å². The van der Waals surface area contributed by atoms with Gasteiger partial charge in [0.15, 0.2) is 0 Å². The topological polar surface area (TPSA) is 105 Å². The highest BCUT2D eigenvalue weighted by Gasteiger charge is 2.35. The highest BCUT2D eigenvalue weighted by Crippen LogP contribution is 2.36. The average Bonchev–Trinajstić information content (AvgIpc) is 3.26. The molecule has 1 aromatic heterocycles. The lowest BCUT2D eigenvalue weighted by Gasteiger charge is -2.35. The van der Waals surface area contributed by atoms with Crippen LogP contribution in [0.15, 0.2) is 35.6 Å². The predicted molar refractivity (Wildman–Crippen MR) is 110 cm³/mol. The van der Waals surface area contributed by atoms with E-state index in [-0.39, 0.29) is 11.9 Å². The van der Waals surface area contributed by atoms with E-state index in [9.17, 15) is 12.8 Å². The molecule has 1 aromatic carbocycles. The van der Waals surface area contributed by atoms with E-state index in [0.717, 1.165) is 32.4 Å². The van der Waals surface area contributed by atoms with Crippen molar-refractivity contribution in [1.82, 2.24) is 20.8 Å². The Labute approximate surface area is 175 Å². The van der Waals surface area contributed by atoms with Gasteiger partial charge in [-0.2, -0.15) is 0 Å². The minimum atomic E-state index is -4.13. The van der Waals surface area contributed by atoms with Crippen molar-refractivity contribution in [1.29, 1.82) is 0 Å². The van der Waals surface area contributed by atoms with Gasteiger partial charge in [-0.25, -0.2) is 22.8 Å².